The molecular weight excluding hydrogens is 406 g/mol. The average molecular weight is 430 g/mol. The second kappa shape index (κ2) is 8.64. The number of methoxy groups -OCH3 is 1. The first kappa shape index (κ1) is 20.5. The van der Waals surface area contributed by atoms with Gasteiger partial charge in [0.2, 0.25) is 0 Å². The van der Waals surface area contributed by atoms with Crippen LogP contribution in [0.5, 0.6) is 5.75 Å². The molecule has 0 atom stereocenters. The van der Waals surface area contributed by atoms with Gasteiger partial charge in [0.1, 0.15) is 11.8 Å². The van der Waals surface area contributed by atoms with Gasteiger partial charge < -0.3 is 9.30 Å². The number of ether oxygens (including phenoxy) is 1. The van der Waals surface area contributed by atoms with E-state index < -0.39 is 0 Å². The van der Waals surface area contributed by atoms with Gasteiger partial charge in [0.05, 0.1) is 30.3 Å². The Balaban J connectivity index is 1.68. The molecule has 0 bridgehead atoms. The zero-order chi connectivity index (χ0) is 22.8. The lowest BCUT2D eigenvalue weighted by Gasteiger charge is -2.14. The van der Waals surface area contributed by atoms with E-state index in [4.69, 9.17) is 9.72 Å². The molecule has 0 fully saturated rings. The number of aryl methyl sites for hydroxylation is 1. The van der Waals surface area contributed by atoms with Crippen LogP contribution < -0.4 is 4.74 Å². The van der Waals surface area contributed by atoms with Crippen molar-refractivity contribution in [3.8, 4) is 11.8 Å². The summed E-state index contributed by atoms with van der Waals surface area (Å²) < 4.78 is 7.41. The molecule has 1 aromatic heterocycles. The van der Waals surface area contributed by atoms with E-state index in [0.29, 0.717) is 17.9 Å². The van der Waals surface area contributed by atoms with E-state index in [1.54, 1.807) is 7.11 Å². The number of fused-ring (bicyclic) bond motifs is 2. The summed E-state index contributed by atoms with van der Waals surface area (Å²) in [4.78, 5) is 4.87. The summed E-state index contributed by atoms with van der Waals surface area (Å²) in [5.41, 5.74) is 5.79. The molecule has 0 unspecified atom stereocenters. The van der Waals surface area contributed by atoms with E-state index in [1.165, 1.54) is 21.9 Å². The number of benzene rings is 4. The third-order valence-electron chi connectivity index (χ3n) is 6.03. The number of rotatable bonds is 5. The molecule has 0 aliphatic carbocycles. The van der Waals surface area contributed by atoms with Crippen LogP contribution in [-0.2, 0) is 6.54 Å². The first-order valence-corrected chi connectivity index (χ1v) is 10.9. The summed E-state index contributed by atoms with van der Waals surface area (Å²) in [7, 11) is 1.64. The van der Waals surface area contributed by atoms with Crippen molar-refractivity contribution in [2.75, 3.05) is 7.11 Å². The fourth-order valence-corrected chi connectivity index (χ4v) is 4.27. The van der Waals surface area contributed by atoms with Gasteiger partial charge in [-0.1, -0.05) is 60.7 Å². The highest BCUT2D eigenvalue weighted by Gasteiger charge is 2.17. The van der Waals surface area contributed by atoms with Crippen molar-refractivity contribution < 1.29 is 4.74 Å². The number of allylic oxidation sites excluding steroid dienone is 1. The fourth-order valence-electron chi connectivity index (χ4n) is 4.27. The molecule has 0 aliphatic heterocycles. The molecule has 4 nitrogen and oxygen atoms in total. The van der Waals surface area contributed by atoms with E-state index in [9.17, 15) is 5.26 Å². The van der Waals surface area contributed by atoms with Crippen LogP contribution in [0, 0.1) is 18.3 Å². The van der Waals surface area contributed by atoms with Crippen molar-refractivity contribution in [1.29, 1.82) is 5.26 Å². The van der Waals surface area contributed by atoms with Crippen molar-refractivity contribution >= 4 is 33.5 Å². The van der Waals surface area contributed by atoms with E-state index in [2.05, 4.69) is 60.0 Å². The molecule has 0 saturated heterocycles. The highest BCUT2D eigenvalue weighted by molar-refractivity contribution is 5.92. The van der Waals surface area contributed by atoms with Crippen molar-refractivity contribution in [3.05, 3.63) is 107 Å². The third-order valence-corrected chi connectivity index (χ3v) is 6.03. The quantitative estimate of drug-likeness (QED) is 0.295. The minimum absolute atomic E-state index is 0.522. The zero-order valence-corrected chi connectivity index (χ0v) is 18.6. The first-order valence-electron chi connectivity index (χ1n) is 10.9. The molecular formula is C29H23N3O. The Bertz CT molecular complexity index is 1540. The summed E-state index contributed by atoms with van der Waals surface area (Å²) in [6.07, 6.45) is 1.88. The third kappa shape index (κ3) is 3.86. The van der Waals surface area contributed by atoms with Crippen molar-refractivity contribution in [2.45, 2.75) is 13.5 Å². The Morgan fingerprint density at radius 1 is 0.970 bits per heavy atom. The molecule has 160 valence electrons. The maximum absolute atomic E-state index is 10.1. The molecule has 1 heterocycles. The molecule has 5 aromatic rings. The summed E-state index contributed by atoms with van der Waals surface area (Å²) in [5.74, 6) is 1.45. The predicted molar refractivity (Wildman–Crippen MR) is 134 cm³/mol. The van der Waals surface area contributed by atoms with Crippen LogP contribution >= 0.6 is 0 Å². The Kier molecular flexibility index (Phi) is 5.38. The van der Waals surface area contributed by atoms with Gasteiger partial charge in [-0.3, -0.25) is 0 Å². The minimum Gasteiger partial charge on any atom is -0.497 e. The van der Waals surface area contributed by atoms with Crippen LogP contribution in [0.1, 0.15) is 22.5 Å². The monoisotopic (exact) mass is 429 g/mol. The second-order valence-electron chi connectivity index (χ2n) is 8.04. The van der Waals surface area contributed by atoms with Crippen LogP contribution in [0.4, 0.5) is 0 Å². The minimum atomic E-state index is 0.522. The van der Waals surface area contributed by atoms with Crippen molar-refractivity contribution in [2.24, 2.45) is 0 Å². The lowest BCUT2D eigenvalue weighted by atomic mass is 9.99. The normalized spacial score (nSPS) is 11.6. The topological polar surface area (TPSA) is 50.8 Å². The molecule has 4 aromatic carbocycles. The predicted octanol–water partition coefficient (Wildman–Crippen LogP) is 6.62. The Labute approximate surface area is 193 Å². The number of hydrogen-bond donors (Lipinski definition) is 0. The Morgan fingerprint density at radius 2 is 1.73 bits per heavy atom. The SMILES string of the molecule is COc1ccc(/C=C(\C#N)c2nc3ccccc3n2Cc2c(C)ccc3ccccc23)cc1. The van der Waals surface area contributed by atoms with Gasteiger partial charge in [0.25, 0.3) is 0 Å². The van der Waals surface area contributed by atoms with Gasteiger partial charge >= 0.3 is 0 Å². The molecule has 0 N–H and O–H groups in total. The summed E-state index contributed by atoms with van der Waals surface area (Å²) in [6.45, 7) is 2.77. The maximum atomic E-state index is 10.1. The van der Waals surface area contributed by atoms with Crippen LogP contribution in [0.25, 0.3) is 33.5 Å². The van der Waals surface area contributed by atoms with E-state index in [1.807, 2.05) is 48.5 Å². The van der Waals surface area contributed by atoms with E-state index in [-0.39, 0.29) is 0 Å². The Morgan fingerprint density at radius 3 is 2.52 bits per heavy atom. The molecule has 0 radical (unpaired) electrons. The van der Waals surface area contributed by atoms with Crippen molar-refractivity contribution in [1.82, 2.24) is 9.55 Å². The molecule has 4 heteroatoms. The summed E-state index contributed by atoms with van der Waals surface area (Å²) >= 11 is 0. The lowest BCUT2D eigenvalue weighted by molar-refractivity contribution is 0.415. The first-order chi connectivity index (χ1) is 16.2. The number of aromatic nitrogens is 2. The highest BCUT2D eigenvalue weighted by Crippen LogP contribution is 2.28. The number of para-hydroxylation sites is 2. The standard InChI is InChI=1S/C29H23N3O/c1-20-11-14-22-7-3-4-8-25(22)26(20)19-32-28-10-6-5-9-27(28)31-29(32)23(18-30)17-21-12-15-24(33-2)16-13-21/h3-17H,19H2,1-2H3/b23-17+. The van der Waals surface area contributed by atoms with Gasteiger partial charge in [-0.15, -0.1) is 0 Å². The van der Waals surface area contributed by atoms with Crippen LogP contribution in [0.3, 0.4) is 0 Å². The van der Waals surface area contributed by atoms with E-state index in [0.717, 1.165) is 22.3 Å². The average Bonchev–Trinajstić information content (AvgIpc) is 3.23. The number of nitrogens with zero attached hydrogens (tertiary/aromatic N) is 3. The summed E-state index contributed by atoms with van der Waals surface area (Å²) in [5, 5.41) is 12.5. The number of hydrogen-bond acceptors (Lipinski definition) is 3. The molecule has 0 aliphatic rings. The van der Waals surface area contributed by atoms with Crippen molar-refractivity contribution in [3.63, 3.8) is 0 Å². The molecule has 5 rings (SSSR count). The largest absolute Gasteiger partial charge is 0.497 e. The number of nitriles is 1. The molecule has 33 heavy (non-hydrogen) atoms. The van der Waals surface area contributed by atoms with Crippen LogP contribution in [0.15, 0.2) is 84.9 Å². The van der Waals surface area contributed by atoms with Crippen LogP contribution in [0.2, 0.25) is 0 Å². The maximum Gasteiger partial charge on any atom is 0.152 e. The second-order valence-corrected chi connectivity index (χ2v) is 8.04. The smallest absolute Gasteiger partial charge is 0.152 e. The fraction of sp³-hybridized carbons (Fsp3) is 0.103. The molecule has 0 amide bonds. The van der Waals surface area contributed by atoms with Gasteiger partial charge in [-0.25, -0.2) is 4.98 Å². The summed E-state index contributed by atoms with van der Waals surface area (Å²) in [6, 6.07) is 30.8. The Hall–Kier alpha value is -4.36. The molecule has 0 spiro atoms. The molecule has 0 saturated carbocycles. The highest BCUT2D eigenvalue weighted by atomic mass is 16.5. The number of imidazole rings is 1. The van der Waals surface area contributed by atoms with Gasteiger partial charge in [0, 0.05) is 0 Å². The van der Waals surface area contributed by atoms with E-state index >= 15 is 0 Å². The van der Waals surface area contributed by atoms with Gasteiger partial charge in [-0.05, 0) is 64.7 Å². The van der Waals surface area contributed by atoms with Gasteiger partial charge in [0.15, 0.2) is 5.82 Å². The zero-order valence-electron chi connectivity index (χ0n) is 18.6. The van der Waals surface area contributed by atoms with Gasteiger partial charge in [-0.2, -0.15) is 5.26 Å². The van der Waals surface area contributed by atoms with Crippen LogP contribution in [-0.4, -0.2) is 16.7 Å². The lowest BCUT2D eigenvalue weighted by Crippen LogP contribution is -2.06.